The molecule has 0 aromatic heterocycles. The second kappa shape index (κ2) is 16.9. The van der Waals surface area contributed by atoms with Gasteiger partial charge in [0.1, 0.15) is 5.75 Å². The van der Waals surface area contributed by atoms with Crippen molar-refractivity contribution in [3.8, 4) is 5.75 Å². The number of nitrogens with one attached hydrogen (secondary N) is 1. The number of para-hydroxylation sites is 1. The van der Waals surface area contributed by atoms with Gasteiger partial charge in [-0.15, -0.1) is 0 Å². The fraction of sp³-hybridized carbons (Fsp3) is 0.400. The number of alkyl halides is 2. The maximum absolute atomic E-state index is 13.7. The molecule has 0 aliphatic carbocycles. The van der Waals surface area contributed by atoms with E-state index < -0.39 is 24.5 Å². The van der Waals surface area contributed by atoms with Gasteiger partial charge in [-0.3, -0.25) is 4.90 Å². The first-order valence-electron chi connectivity index (χ1n) is 17.2. The number of carbonyl (C=O) groups is 2. The molecule has 1 N–H and O–H groups in total. The molecular formula is C40H47F2N3O5. The third-order valence-electron chi connectivity index (χ3n) is 9.33. The molecule has 0 saturated carbocycles. The lowest BCUT2D eigenvalue weighted by Crippen LogP contribution is -2.48. The van der Waals surface area contributed by atoms with Crippen LogP contribution >= 0.6 is 0 Å². The van der Waals surface area contributed by atoms with Crippen molar-refractivity contribution in [2.24, 2.45) is 0 Å². The summed E-state index contributed by atoms with van der Waals surface area (Å²) in [5.41, 5.74) is 6.48. The van der Waals surface area contributed by atoms with Crippen molar-refractivity contribution >= 4 is 11.9 Å². The van der Waals surface area contributed by atoms with E-state index in [1.807, 2.05) is 0 Å². The van der Waals surface area contributed by atoms with E-state index in [9.17, 15) is 18.4 Å². The fourth-order valence-corrected chi connectivity index (χ4v) is 6.86. The highest BCUT2D eigenvalue weighted by Gasteiger charge is 2.39. The largest absolute Gasteiger partial charge is 0.463 e. The third kappa shape index (κ3) is 8.78. The molecule has 0 bridgehead atoms. The molecule has 50 heavy (non-hydrogen) atoms. The molecule has 0 spiro atoms. The molecule has 3 aromatic carbocycles. The Balaban J connectivity index is 1.23. The molecule has 0 radical (unpaired) electrons. The second-order valence-electron chi connectivity index (χ2n) is 12.9. The van der Waals surface area contributed by atoms with E-state index in [0.717, 1.165) is 32.7 Å². The van der Waals surface area contributed by atoms with Crippen LogP contribution in [0.4, 0.5) is 8.78 Å². The molecule has 0 amide bonds. The van der Waals surface area contributed by atoms with E-state index in [1.54, 1.807) is 39.0 Å². The van der Waals surface area contributed by atoms with Crippen molar-refractivity contribution in [2.45, 2.75) is 59.6 Å². The third-order valence-corrected chi connectivity index (χ3v) is 9.33. The Morgan fingerprint density at radius 1 is 0.780 bits per heavy atom. The monoisotopic (exact) mass is 687 g/mol. The standard InChI is InChI=1S/C40H47F2N3O5/c1-6-48-38(46)34-28(4)43-29(5)35(36(34)32-10-7-8-11-33(32)50-40(41)42)39(47)49-25-9-20-44-21-23-45(24-22-44)37(30-16-12-26(2)13-17-30)31-18-14-27(3)15-19-31/h7-8,10-19,36-37,40,43H,6,9,20-25H2,1-5H3. The van der Waals surface area contributed by atoms with Crippen molar-refractivity contribution < 1.29 is 32.6 Å². The van der Waals surface area contributed by atoms with Gasteiger partial charge in [-0.25, -0.2) is 9.59 Å². The Labute approximate surface area is 293 Å². The van der Waals surface area contributed by atoms with Crippen LogP contribution in [0.2, 0.25) is 0 Å². The minimum Gasteiger partial charge on any atom is -0.463 e. The predicted octanol–water partition coefficient (Wildman–Crippen LogP) is 7.04. The summed E-state index contributed by atoms with van der Waals surface area (Å²) in [6, 6.07) is 23.9. The number of halogens is 2. The van der Waals surface area contributed by atoms with Gasteiger partial charge < -0.3 is 24.4 Å². The van der Waals surface area contributed by atoms with Gasteiger partial charge in [0.15, 0.2) is 0 Å². The van der Waals surface area contributed by atoms with Crippen molar-refractivity contribution in [1.82, 2.24) is 15.1 Å². The van der Waals surface area contributed by atoms with Crippen LogP contribution in [0.15, 0.2) is 95.3 Å². The molecule has 3 aromatic rings. The van der Waals surface area contributed by atoms with Crippen LogP contribution in [0, 0.1) is 13.8 Å². The van der Waals surface area contributed by atoms with E-state index in [1.165, 1.54) is 28.3 Å². The number of benzene rings is 3. The van der Waals surface area contributed by atoms with E-state index >= 15 is 0 Å². The number of aryl methyl sites for hydroxylation is 2. The number of hydrogen-bond donors (Lipinski definition) is 1. The summed E-state index contributed by atoms with van der Waals surface area (Å²) in [5.74, 6) is -2.45. The van der Waals surface area contributed by atoms with Crippen molar-refractivity contribution in [3.05, 3.63) is 123 Å². The van der Waals surface area contributed by atoms with Crippen LogP contribution < -0.4 is 10.1 Å². The number of rotatable bonds is 13. The number of nitrogens with zero attached hydrogens (tertiary/aromatic N) is 2. The highest BCUT2D eigenvalue weighted by molar-refractivity contribution is 6.00. The molecule has 2 aliphatic rings. The summed E-state index contributed by atoms with van der Waals surface area (Å²) < 4.78 is 42.8. The number of esters is 2. The number of allylic oxidation sites excluding steroid dienone is 2. The summed E-state index contributed by atoms with van der Waals surface area (Å²) in [5, 5.41) is 3.10. The molecule has 8 nitrogen and oxygen atoms in total. The Kier molecular flexibility index (Phi) is 12.4. The van der Waals surface area contributed by atoms with Gasteiger partial charge in [-0.1, -0.05) is 77.9 Å². The molecule has 2 heterocycles. The van der Waals surface area contributed by atoms with Crippen LogP contribution in [0.5, 0.6) is 5.75 Å². The quantitative estimate of drug-likeness (QED) is 0.152. The summed E-state index contributed by atoms with van der Waals surface area (Å²) >= 11 is 0. The number of carbonyl (C=O) groups excluding carboxylic acids is 2. The SMILES string of the molecule is CCOC(=O)C1=C(C)NC(C)=C(C(=O)OCCCN2CCN(C(c3ccc(C)cc3)c3ccc(C)cc3)CC2)C1c1ccccc1OC(F)F. The number of dihydropyridines is 1. The molecule has 266 valence electrons. The molecule has 2 aliphatic heterocycles. The summed E-state index contributed by atoms with van der Waals surface area (Å²) in [4.78, 5) is 31.8. The molecule has 1 atom stereocenters. The number of ether oxygens (including phenoxy) is 3. The van der Waals surface area contributed by atoms with Gasteiger partial charge in [0, 0.05) is 49.7 Å². The van der Waals surface area contributed by atoms with Crippen molar-refractivity contribution in [3.63, 3.8) is 0 Å². The maximum Gasteiger partial charge on any atom is 0.387 e. The number of piperazine rings is 1. The summed E-state index contributed by atoms with van der Waals surface area (Å²) in [7, 11) is 0. The van der Waals surface area contributed by atoms with Crippen LogP contribution in [-0.4, -0.2) is 74.3 Å². The lowest BCUT2D eigenvalue weighted by Gasteiger charge is -2.40. The van der Waals surface area contributed by atoms with E-state index in [-0.39, 0.29) is 41.7 Å². The molecule has 1 unspecified atom stereocenters. The first-order valence-corrected chi connectivity index (χ1v) is 17.2. The van der Waals surface area contributed by atoms with Crippen LogP contribution in [0.3, 0.4) is 0 Å². The zero-order valence-corrected chi connectivity index (χ0v) is 29.5. The average Bonchev–Trinajstić information content (AvgIpc) is 3.09. The Morgan fingerprint density at radius 2 is 1.32 bits per heavy atom. The van der Waals surface area contributed by atoms with Crippen LogP contribution in [-0.2, 0) is 19.1 Å². The van der Waals surface area contributed by atoms with Gasteiger partial charge in [-0.05, 0) is 58.2 Å². The first kappa shape index (κ1) is 36.7. The van der Waals surface area contributed by atoms with Gasteiger partial charge in [0.25, 0.3) is 0 Å². The molecule has 5 rings (SSSR count). The van der Waals surface area contributed by atoms with Gasteiger partial charge in [0.2, 0.25) is 0 Å². The van der Waals surface area contributed by atoms with E-state index in [2.05, 4.69) is 77.5 Å². The smallest absolute Gasteiger partial charge is 0.387 e. The fourth-order valence-electron chi connectivity index (χ4n) is 6.86. The second-order valence-corrected chi connectivity index (χ2v) is 12.9. The summed E-state index contributed by atoms with van der Waals surface area (Å²) in [6.45, 7) is 10.7. The molecular weight excluding hydrogens is 640 g/mol. The average molecular weight is 688 g/mol. The molecule has 1 fully saturated rings. The number of hydrogen-bond acceptors (Lipinski definition) is 8. The molecule has 1 saturated heterocycles. The Hall–Kier alpha value is -4.54. The Bertz CT molecular complexity index is 1650. The minimum absolute atomic E-state index is 0.104. The van der Waals surface area contributed by atoms with Crippen LogP contribution in [0.25, 0.3) is 0 Å². The molecule has 10 heteroatoms. The van der Waals surface area contributed by atoms with E-state index in [0.29, 0.717) is 17.8 Å². The highest BCUT2D eigenvalue weighted by atomic mass is 19.3. The van der Waals surface area contributed by atoms with Gasteiger partial charge in [0.05, 0.1) is 36.3 Å². The normalized spacial score (nSPS) is 17.3. The lowest BCUT2D eigenvalue weighted by atomic mass is 9.80. The predicted molar refractivity (Wildman–Crippen MR) is 189 cm³/mol. The van der Waals surface area contributed by atoms with Gasteiger partial charge >= 0.3 is 18.6 Å². The van der Waals surface area contributed by atoms with Crippen molar-refractivity contribution in [1.29, 1.82) is 0 Å². The zero-order valence-electron chi connectivity index (χ0n) is 29.5. The van der Waals surface area contributed by atoms with Crippen molar-refractivity contribution in [2.75, 3.05) is 45.9 Å². The van der Waals surface area contributed by atoms with Crippen LogP contribution in [0.1, 0.15) is 67.0 Å². The van der Waals surface area contributed by atoms with Gasteiger partial charge in [-0.2, -0.15) is 8.78 Å². The lowest BCUT2D eigenvalue weighted by molar-refractivity contribution is -0.140. The maximum atomic E-state index is 13.7. The topological polar surface area (TPSA) is 80.3 Å². The minimum atomic E-state index is -3.09. The zero-order chi connectivity index (χ0) is 35.8. The highest BCUT2D eigenvalue weighted by Crippen LogP contribution is 2.43. The Morgan fingerprint density at radius 3 is 1.86 bits per heavy atom. The first-order chi connectivity index (χ1) is 24.1. The summed E-state index contributed by atoms with van der Waals surface area (Å²) in [6.07, 6.45) is 0.611. The van der Waals surface area contributed by atoms with E-state index in [4.69, 9.17) is 14.2 Å².